The van der Waals surface area contributed by atoms with Gasteiger partial charge in [-0.2, -0.15) is 0 Å². The lowest BCUT2D eigenvalue weighted by molar-refractivity contribution is -0.121. The SMILES string of the molecule is COc1cc(N2C(=O)C[C@H](Sc3ccccc3N)C2=O)cc(OC)c1OC. The van der Waals surface area contributed by atoms with E-state index in [1.54, 1.807) is 18.2 Å². The molecule has 0 aromatic heterocycles. The Balaban J connectivity index is 1.92. The normalized spacial score (nSPS) is 16.6. The summed E-state index contributed by atoms with van der Waals surface area (Å²) in [6.07, 6.45) is 0.0918. The number of hydrogen-bond donors (Lipinski definition) is 1. The fourth-order valence-corrected chi connectivity index (χ4v) is 4.00. The Morgan fingerprint density at radius 2 is 1.67 bits per heavy atom. The van der Waals surface area contributed by atoms with Crippen LogP contribution in [0.15, 0.2) is 41.3 Å². The van der Waals surface area contributed by atoms with Gasteiger partial charge in [-0.05, 0) is 12.1 Å². The van der Waals surface area contributed by atoms with Crippen LogP contribution < -0.4 is 24.8 Å². The summed E-state index contributed by atoms with van der Waals surface area (Å²) in [5, 5.41) is -0.540. The Hall–Kier alpha value is -2.87. The summed E-state index contributed by atoms with van der Waals surface area (Å²) in [7, 11) is 4.44. The number of carbonyl (C=O) groups is 2. The lowest BCUT2D eigenvalue weighted by Crippen LogP contribution is -2.31. The second-order valence-corrected chi connectivity index (χ2v) is 7.04. The number of carbonyl (C=O) groups excluding carboxylic acids is 2. The third kappa shape index (κ3) is 3.52. The molecule has 3 rings (SSSR count). The van der Waals surface area contributed by atoms with Gasteiger partial charge in [0.1, 0.15) is 0 Å². The first-order chi connectivity index (χ1) is 13.0. The number of thioether (sulfide) groups is 1. The third-order valence-corrected chi connectivity index (χ3v) is 5.48. The maximum atomic E-state index is 12.9. The molecule has 1 aliphatic rings. The first-order valence-electron chi connectivity index (χ1n) is 8.18. The van der Waals surface area contributed by atoms with Crippen molar-refractivity contribution in [2.45, 2.75) is 16.6 Å². The highest BCUT2D eigenvalue weighted by Gasteiger charge is 2.41. The molecule has 0 bridgehead atoms. The van der Waals surface area contributed by atoms with Crippen LogP contribution in [-0.4, -0.2) is 38.4 Å². The Kier molecular flexibility index (Phi) is 5.46. The number of nitrogens with zero attached hydrogens (tertiary/aromatic N) is 1. The fraction of sp³-hybridized carbons (Fsp3) is 0.263. The minimum absolute atomic E-state index is 0.0918. The quantitative estimate of drug-likeness (QED) is 0.601. The van der Waals surface area contributed by atoms with Gasteiger partial charge in [0.05, 0.1) is 32.3 Å². The molecule has 2 N–H and O–H groups in total. The monoisotopic (exact) mass is 388 g/mol. The van der Waals surface area contributed by atoms with Gasteiger partial charge in [0.2, 0.25) is 17.6 Å². The molecule has 1 heterocycles. The minimum Gasteiger partial charge on any atom is -0.493 e. The van der Waals surface area contributed by atoms with E-state index in [-0.39, 0.29) is 18.2 Å². The number of anilines is 2. The largest absolute Gasteiger partial charge is 0.493 e. The van der Waals surface area contributed by atoms with Gasteiger partial charge >= 0.3 is 0 Å². The predicted molar refractivity (Wildman–Crippen MR) is 104 cm³/mol. The van der Waals surface area contributed by atoms with Crippen LogP contribution in [0.4, 0.5) is 11.4 Å². The number of rotatable bonds is 6. The second kappa shape index (κ2) is 7.79. The third-order valence-electron chi connectivity index (χ3n) is 4.20. The van der Waals surface area contributed by atoms with Crippen molar-refractivity contribution in [1.29, 1.82) is 0 Å². The number of ether oxygens (including phenoxy) is 3. The molecule has 1 atom stereocenters. The van der Waals surface area contributed by atoms with Gasteiger partial charge < -0.3 is 19.9 Å². The highest BCUT2D eigenvalue weighted by atomic mass is 32.2. The molecule has 2 amide bonds. The van der Waals surface area contributed by atoms with E-state index in [0.717, 1.165) is 9.80 Å². The molecular formula is C19H20N2O5S. The van der Waals surface area contributed by atoms with Gasteiger partial charge in [0.25, 0.3) is 0 Å². The van der Waals surface area contributed by atoms with Crippen molar-refractivity contribution < 1.29 is 23.8 Å². The molecular weight excluding hydrogens is 368 g/mol. The Labute approximate surface area is 161 Å². The lowest BCUT2D eigenvalue weighted by Gasteiger charge is -2.19. The molecule has 7 nitrogen and oxygen atoms in total. The van der Waals surface area contributed by atoms with E-state index < -0.39 is 5.25 Å². The number of methoxy groups -OCH3 is 3. The molecule has 1 fully saturated rings. The van der Waals surface area contributed by atoms with E-state index in [4.69, 9.17) is 19.9 Å². The van der Waals surface area contributed by atoms with Crippen LogP contribution >= 0.6 is 11.8 Å². The zero-order valence-corrected chi connectivity index (χ0v) is 16.0. The van der Waals surface area contributed by atoms with Crippen molar-refractivity contribution >= 4 is 35.0 Å². The van der Waals surface area contributed by atoms with Crippen LogP contribution in [0, 0.1) is 0 Å². The minimum atomic E-state index is -0.540. The van der Waals surface area contributed by atoms with Crippen molar-refractivity contribution in [3.05, 3.63) is 36.4 Å². The van der Waals surface area contributed by atoms with Crippen molar-refractivity contribution in [1.82, 2.24) is 0 Å². The topological polar surface area (TPSA) is 91.1 Å². The zero-order chi connectivity index (χ0) is 19.6. The zero-order valence-electron chi connectivity index (χ0n) is 15.2. The molecule has 142 valence electrons. The Morgan fingerprint density at radius 1 is 1.04 bits per heavy atom. The van der Waals surface area contributed by atoms with Gasteiger partial charge in [-0.1, -0.05) is 12.1 Å². The van der Waals surface area contributed by atoms with E-state index in [1.807, 2.05) is 18.2 Å². The summed E-state index contributed by atoms with van der Waals surface area (Å²) < 4.78 is 15.9. The molecule has 0 unspecified atom stereocenters. The van der Waals surface area contributed by atoms with E-state index in [9.17, 15) is 9.59 Å². The van der Waals surface area contributed by atoms with Crippen LogP contribution in [-0.2, 0) is 9.59 Å². The molecule has 0 aliphatic carbocycles. The first kappa shape index (κ1) is 18.9. The number of nitrogen functional groups attached to an aromatic ring is 1. The van der Waals surface area contributed by atoms with Gasteiger partial charge in [0.15, 0.2) is 11.5 Å². The summed E-state index contributed by atoms with van der Waals surface area (Å²) in [5.74, 6) is 0.543. The lowest BCUT2D eigenvalue weighted by atomic mass is 10.2. The summed E-state index contributed by atoms with van der Waals surface area (Å²) in [6.45, 7) is 0. The standard InChI is InChI=1S/C19H20N2O5S/c1-24-13-8-11(9-14(25-2)18(13)26-3)21-17(22)10-16(19(21)23)27-15-7-5-4-6-12(15)20/h4-9,16H,10,20H2,1-3H3/t16-/m0/s1. The van der Waals surface area contributed by atoms with Gasteiger partial charge in [-0.15, -0.1) is 11.8 Å². The Morgan fingerprint density at radius 3 is 2.22 bits per heavy atom. The maximum absolute atomic E-state index is 12.9. The average molecular weight is 388 g/mol. The summed E-state index contributed by atoms with van der Waals surface area (Å²) >= 11 is 1.29. The van der Waals surface area contributed by atoms with Crippen molar-refractivity contribution in [3.8, 4) is 17.2 Å². The molecule has 0 saturated carbocycles. The molecule has 0 spiro atoms. The number of benzene rings is 2. The second-order valence-electron chi connectivity index (χ2n) is 5.80. The van der Waals surface area contributed by atoms with Crippen LogP contribution in [0.25, 0.3) is 0 Å². The number of imide groups is 1. The number of para-hydroxylation sites is 1. The van der Waals surface area contributed by atoms with Gasteiger partial charge in [-0.3, -0.25) is 9.59 Å². The molecule has 2 aromatic carbocycles. The molecule has 1 aliphatic heterocycles. The summed E-state index contributed by atoms with van der Waals surface area (Å²) in [4.78, 5) is 27.4. The average Bonchev–Trinajstić information content (AvgIpc) is 2.95. The summed E-state index contributed by atoms with van der Waals surface area (Å²) in [6, 6.07) is 10.4. The number of hydrogen-bond acceptors (Lipinski definition) is 7. The Bertz CT molecular complexity index is 861. The van der Waals surface area contributed by atoms with Crippen molar-refractivity contribution in [2.75, 3.05) is 32.0 Å². The van der Waals surface area contributed by atoms with E-state index >= 15 is 0 Å². The van der Waals surface area contributed by atoms with E-state index in [1.165, 1.54) is 33.1 Å². The van der Waals surface area contributed by atoms with Gasteiger partial charge in [0, 0.05) is 29.1 Å². The first-order valence-corrected chi connectivity index (χ1v) is 9.06. The molecule has 8 heteroatoms. The molecule has 0 radical (unpaired) electrons. The molecule has 2 aromatic rings. The van der Waals surface area contributed by atoms with Crippen LogP contribution in [0.5, 0.6) is 17.2 Å². The molecule has 1 saturated heterocycles. The highest BCUT2D eigenvalue weighted by Crippen LogP contribution is 2.43. The van der Waals surface area contributed by atoms with Crippen LogP contribution in [0.2, 0.25) is 0 Å². The highest BCUT2D eigenvalue weighted by molar-refractivity contribution is 8.00. The van der Waals surface area contributed by atoms with E-state index in [2.05, 4.69) is 0 Å². The van der Waals surface area contributed by atoms with Crippen LogP contribution in [0.1, 0.15) is 6.42 Å². The van der Waals surface area contributed by atoms with Crippen molar-refractivity contribution in [3.63, 3.8) is 0 Å². The smallest absolute Gasteiger partial charge is 0.247 e. The summed E-state index contributed by atoms with van der Waals surface area (Å²) in [5.41, 5.74) is 6.91. The van der Waals surface area contributed by atoms with Crippen LogP contribution in [0.3, 0.4) is 0 Å². The van der Waals surface area contributed by atoms with Gasteiger partial charge in [-0.25, -0.2) is 4.90 Å². The van der Waals surface area contributed by atoms with E-state index in [0.29, 0.717) is 28.6 Å². The molecule has 27 heavy (non-hydrogen) atoms. The number of amides is 2. The van der Waals surface area contributed by atoms with Crippen molar-refractivity contribution in [2.24, 2.45) is 0 Å². The predicted octanol–water partition coefficient (Wildman–Crippen LogP) is 2.72. The number of nitrogens with two attached hydrogens (primary N) is 1. The fourth-order valence-electron chi connectivity index (χ4n) is 2.90. The maximum Gasteiger partial charge on any atom is 0.247 e.